The highest BCUT2D eigenvalue weighted by molar-refractivity contribution is 5.82. The van der Waals surface area contributed by atoms with Crippen molar-refractivity contribution in [3.8, 4) is 0 Å². The number of hydrogen-bond donors (Lipinski definition) is 1. The normalized spacial score (nSPS) is 20.6. The lowest BCUT2D eigenvalue weighted by Crippen LogP contribution is -2.44. The second kappa shape index (κ2) is 7.46. The van der Waals surface area contributed by atoms with Gasteiger partial charge in [0.25, 0.3) is 0 Å². The first-order chi connectivity index (χ1) is 11.3. The van der Waals surface area contributed by atoms with Crippen LogP contribution in [-0.2, 0) is 14.3 Å². The van der Waals surface area contributed by atoms with Crippen LogP contribution in [0, 0.1) is 0 Å². The van der Waals surface area contributed by atoms with Crippen LogP contribution in [-0.4, -0.2) is 57.8 Å². The molecule has 1 aliphatic rings. The Hall–Kier alpha value is -2.38. The van der Waals surface area contributed by atoms with Crippen LogP contribution in [0.4, 0.5) is 10.7 Å². The summed E-state index contributed by atoms with van der Waals surface area (Å²) in [5.41, 5.74) is -0.635. The minimum absolute atomic E-state index is 0.158. The molecule has 0 bridgehead atoms. The Balaban J connectivity index is 2.10. The number of carbonyl (C=O) groups is 2. The van der Waals surface area contributed by atoms with Crippen LogP contribution < -0.4 is 5.32 Å². The van der Waals surface area contributed by atoms with Crippen molar-refractivity contribution >= 4 is 18.0 Å². The van der Waals surface area contributed by atoms with E-state index in [9.17, 15) is 9.59 Å². The fourth-order valence-corrected chi connectivity index (χ4v) is 2.48. The van der Waals surface area contributed by atoms with E-state index < -0.39 is 23.7 Å². The van der Waals surface area contributed by atoms with E-state index in [0.29, 0.717) is 18.9 Å². The molecule has 0 unspecified atom stereocenters. The summed E-state index contributed by atoms with van der Waals surface area (Å²) in [7, 11) is 0. The summed E-state index contributed by atoms with van der Waals surface area (Å²) in [5, 5.41) is 3.14. The number of aromatic nitrogens is 2. The van der Waals surface area contributed by atoms with E-state index >= 15 is 0 Å². The van der Waals surface area contributed by atoms with Crippen molar-refractivity contribution in [3.05, 3.63) is 18.5 Å². The highest BCUT2D eigenvalue weighted by Gasteiger charge is 2.42. The van der Waals surface area contributed by atoms with Gasteiger partial charge in [-0.05, 0) is 33.8 Å². The van der Waals surface area contributed by atoms with Crippen LogP contribution >= 0.6 is 0 Å². The predicted octanol–water partition coefficient (Wildman–Crippen LogP) is 1.83. The topological polar surface area (TPSA) is 93.6 Å². The van der Waals surface area contributed by atoms with E-state index in [1.54, 1.807) is 46.2 Å². The lowest BCUT2D eigenvalue weighted by Gasteiger charge is -2.27. The first-order valence-corrected chi connectivity index (χ1v) is 8.00. The van der Waals surface area contributed by atoms with Gasteiger partial charge >= 0.3 is 12.1 Å². The van der Waals surface area contributed by atoms with E-state index in [-0.39, 0.29) is 12.6 Å². The number of likely N-dealkylation sites (tertiary alicyclic amines) is 1. The Kier molecular flexibility index (Phi) is 5.58. The number of carbonyl (C=O) groups excluding carboxylic acids is 2. The van der Waals surface area contributed by atoms with E-state index in [1.807, 2.05) is 0 Å². The third-order valence-corrected chi connectivity index (χ3v) is 3.39. The number of ether oxygens (including phenoxy) is 2. The summed E-state index contributed by atoms with van der Waals surface area (Å²) in [4.78, 5) is 34.2. The van der Waals surface area contributed by atoms with Crippen molar-refractivity contribution in [2.24, 2.45) is 0 Å². The van der Waals surface area contributed by atoms with Crippen molar-refractivity contribution in [3.63, 3.8) is 0 Å². The average molecular weight is 336 g/mol. The van der Waals surface area contributed by atoms with Gasteiger partial charge in [-0.1, -0.05) is 0 Å². The van der Waals surface area contributed by atoms with Crippen molar-refractivity contribution in [1.29, 1.82) is 0 Å². The summed E-state index contributed by atoms with van der Waals surface area (Å²) in [5.74, 6) is 0.0257. The van der Waals surface area contributed by atoms with E-state index in [0.717, 1.165) is 0 Å². The molecule has 1 fully saturated rings. The van der Waals surface area contributed by atoms with Gasteiger partial charge < -0.3 is 14.8 Å². The van der Waals surface area contributed by atoms with Crippen LogP contribution in [0.15, 0.2) is 18.5 Å². The third-order valence-electron chi connectivity index (χ3n) is 3.39. The van der Waals surface area contributed by atoms with Crippen LogP contribution in [0.5, 0.6) is 0 Å². The van der Waals surface area contributed by atoms with Crippen LogP contribution in [0.3, 0.4) is 0 Å². The smallest absolute Gasteiger partial charge is 0.411 e. The van der Waals surface area contributed by atoms with Gasteiger partial charge in [-0.3, -0.25) is 4.90 Å². The van der Waals surface area contributed by atoms with Crippen LogP contribution in [0.25, 0.3) is 0 Å². The summed E-state index contributed by atoms with van der Waals surface area (Å²) < 4.78 is 10.5. The average Bonchev–Trinajstić information content (AvgIpc) is 2.91. The van der Waals surface area contributed by atoms with Gasteiger partial charge in [0.15, 0.2) is 0 Å². The van der Waals surface area contributed by atoms with Gasteiger partial charge in [-0.25, -0.2) is 19.6 Å². The number of anilines is 1. The minimum Gasteiger partial charge on any atom is -0.464 e. The second-order valence-electron chi connectivity index (χ2n) is 6.55. The molecule has 0 radical (unpaired) electrons. The lowest BCUT2D eigenvalue weighted by molar-refractivity contribution is -0.148. The summed E-state index contributed by atoms with van der Waals surface area (Å²) in [6.45, 7) is 7.67. The summed E-state index contributed by atoms with van der Waals surface area (Å²) >= 11 is 0. The Morgan fingerprint density at radius 1 is 1.33 bits per heavy atom. The summed E-state index contributed by atoms with van der Waals surface area (Å²) in [6, 6.07) is 0.879. The molecule has 1 aromatic rings. The maximum absolute atomic E-state index is 12.4. The molecule has 24 heavy (non-hydrogen) atoms. The maximum Gasteiger partial charge on any atom is 0.411 e. The molecule has 1 saturated heterocycles. The Bertz CT molecular complexity index is 573. The number of rotatable bonds is 4. The fraction of sp³-hybridized carbons (Fsp3) is 0.625. The van der Waals surface area contributed by atoms with E-state index in [4.69, 9.17) is 9.47 Å². The molecular formula is C16H24N4O4. The SMILES string of the molecule is CCOC(=O)[C@@H]1C[C@@H](Nc2ncccn2)CN1C(=O)OC(C)(C)C. The molecule has 1 aromatic heterocycles. The maximum atomic E-state index is 12.4. The quantitative estimate of drug-likeness (QED) is 0.838. The number of nitrogens with one attached hydrogen (secondary N) is 1. The fourth-order valence-electron chi connectivity index (χ4n) is 2.48. The van der Waals surface area contributed by atoms with Gasteiger partial charge in [0.05, 0.1) is 6.61 Å². The zero-order valence-corrected chi connectivity index (χ0v) is 14.5. The molecule has 0 spiro atoms. The first-order valence-electron chi connectivity index (χ1n) is 8.00. The molecule has 132 valence electrons. The first kappa shape index (κ1) is 18.0. The molecule has 1 amide bonds. The third kappa shape index (κ3) is 4.81. The van der Waals surface area contributed by atoms with Gasteiger partial charge in [0, 0.05) is 31.4 Å². The van der Waals surface area contributed by atoms with Crippen molar-refractivity contribution in [1.82, 2.24) is 14.9 Å². The molecule has 1 aliphatic heterocycles. The molecular weight excluding hydrogens is 312 g/mol. The Labute approximate surface area is 141 Å². The highest BCUT2D eigenvalue weighted by atomic mass is 16.6. The number of hydrogen-bond acceptors (Lipinski definition) is 7. The van der Waals surface area contributed by atoms with E-state index in [2.05, 4.69) is 15.3 Å². The molecule has 2 heterocycles. The monoisotopic (exact) mass is 336 g/mol. The van der Waals surface area contributed by atoms with E-state index in [1.165, 1.54) is 4.90 Å². The Morgan fingerprint density at radius 3 is 2.58 bits per heavy atom. The Morgan fingerprint density at radius 2 is 2.00 bits per heavy atom. The van der Waals surface area contributed by atoms with Gasteiger partial charge in [0.2, 0.25) is 5.95 Å². The van der Waals surface area contributed by atoms with Crippen LogP contribution in [0.2, 0.25) is 0 Å². The van der Waals surface area contributed by atoms with Gasteiger partial charge in [-0.15, -0.1) is 0 Å². The standard InChI is InChI=1S/C16H24N4O4/c1-5-23-13(21)12-9-11(19-14-17-7-6-8-18-14)10-20(12)15(22)24-16(2,3)4/h6-8,11-12H,5,9-10H2,1-4H3,(H,17,18,19)/t11-,12+/m1/s1. The van der Waals surface area contributed by atoms with Gasteiger partial charge in [-0.2, -0.15) is 0 Å². The molecule has 1 N–H and O–H groups in total. The lowest BCUT2D eigenvalue weighted by atomic mass is 10.2. The molecule has 8 nitrogen and oxygen atoms in total. The molecule has 2 atom stereocenters. The predicted molar refractivity (Wildman–Crippen MR) is 87.4 cm³/mol. The number of nitrogens with zero attached hydrogens (tertiary/aromatic N) is 3. The van der Waals surface area contributed by atoms with Crippen molar-refractivity contribution < 1.29 is 19.1 Å². The van der Waals surface area contributed by atoms with Crippen LogP contribution in [0.1, 0.15) is 34.1 Å². The van der Waals surface area contributed by atoms with Crippen molar-refractivity contribution in [2.75, 3.05) is 18.5 Å². The van der Waals surface area contributed by atoms with Crippen molar-refractivity contribution in [2.45, 2.75) is 51.8 Å². The molecule has 2 rings (SSSR count). The number of esters is 1. The minimum atomic E-state index is -0.680. The highest BCUT2D eigenvalue weighted by Crippen LogP contribution is 2.24. The summed E-state index contributed by atoms with van der Waals surface area (Å²) in [6.07, 6.45) is 3.13. The van der Waals surface area contributed by atoms with Gasteiger partial charge in [0.1, 0.15) is 11.6 Å². The zero-order valence-electron chi connectivity index (χ0n) is 14.5. The number of amides is 1. The zero-order chi connectivity index (χ0) is 17.7. The largest absolute Gasteiger partial charge is 0.464 e. The molecule has 0 aromatic carbocycles. The second-order valence-corrected chi connectivity index (χ2v) is 6.55. The molecule has 0 aliphatic carbocycles. The molecule has 8 heteroatoms. The molecule has 0 saturated carbocycles.